The third kappa shape index (κ3) is 3.38. The monoisotopic (exact) mass is 455 g/mol. The van der Waals surface area contributed by atoms with Crippen LogP contribution in [0, 0.1) is 0 Å². The maximum Gasteiger partial charge on any atom is 0.323 e. The molecular weight excluding hydrogens is 430 g/mol. The lowest BCUT2D eigenvalue weighted by molar-refractivity contribution is 0.503. The molecule has 5 heterocycles. The van der Waals surface area contributed by atoms with Gasteiger partial charge in [0.25, 0.3) is 0 Å². The Bertz CT molecular complexity index is 1540. The van der Waals surface area contributed by atoms with E-state index in [0.717, 1.165) is 71.2 Å². The Hall–Kier alpha value is -4.21. The number of anilines is 2. The summed E-state index contributed by atoms with van der Waals surface area (Å²) in [6, 6.07) is 10.1. The topological polar surface area (TPSA) is 120 Å². The minimum Gasteiger partial charge on any atom is -0.373 e. The molecule has 0 radical (unpaired) electrons. The molecule has 6 rings (SSSR count). The maximum atomic E-state index is 11.6. The van der Waals surface area contributed by atoms with Crippen molar-refractivity contribution in [2.75, 3.05) is 30.4 Å². The lowest BCUT2D eigenvalue weighted by Crippen LogP contribution is -2.33. The normalized spacial score (nSPS) is 14.8. The molecule has 1 fully saturated rings. The summed E-state index contributed by atoms with van der Waals surface area (Å²) in [6.45, 7) is 1.76. The number of fused-ring (bicyclic) bond motifs is 2. The number of pyridine rings is 1. The number of H-pyrrole nitrogens is 2. The van der Waals surface area contributed by atoms with E-state index in [1.807, 2.05) is 43.1 Å². The molecule has 34 heavy (non-hydrogen) atoms. The molecule has 1 aliphatic heterocycles. The van der Waals surface area contributed by atoms with Crippen molar-refractivity contribution in [3.05, 3.63) is 58.9 Å². The molecule has 4 aromatic heterocycles. The Balaban J connectivity index is 1.27. The number of rotatable bonds is 4. The lowest BCUT2D eigenvalue weighted by Gasteiger charge is -2.33. The maximum absolute atomic E-state index is 11.6. The summed E-state index contributed by atoms with van der Waals surface area (Å²) in [5, 5.41) is 3.04. The van der Waals surface area contributed by atoms with Crippen LogP contribution < -0.4 is 15.9 Å². The molecule has 1 saturated heterocycles. The van der Waals surface area contributed by atoms with Gasteiger partial charge in [-0.25, -0.2) is 24.7 Å². The van der Waals surface area contributed by atoms with Crippen LogP contribution in [0.15, 0.2) is 47.7 Å². The second kappa shape index (κ2) is 7.98. The van der Waals surface area contributed by atoms with Crippen LogP contribution in [0.25, 0.3) is 33.6 Å². The van der Waals surface area contributed by atoms with Gasteiger partial charge >= 0.3 is 5.69 Å². The van der Waals surface area contributed by atoms with Gasteiger partial charge in [-0.2, -0.15) is 0 Å². The number of piperidine rings is 1. The number of nitrogens with zero attached hydrogens (tertiary/aromatic N) is 6. The van der Waals surface area contributed by atoms with E-state index in [0.29, 0.717) is 5.92 Å². The molecular formula is C24H25N9O. The fourth-order valence-corrected chi connectivity index (χ4v) is 4.88. The molecule has 5 aromatic rings. The van der Waals surface area contributed by atoms with Crippen LogP contribution in [-0.2, 0) is 7.05 Å². The number of aryl methyl sites for hydroxylation is 1. The number of aromatic nitrogens is 7. The molecule has 3 N–H and O–H groups in total. The van der Waals surface area contributed by atoms with Crippen LogP contribution in [-0.4, -0.2) is 54.6 Å². The average molecular weight is 456 g/mol. The van der Waals surface area contributed by atoms with E-state index in [-0.39, 0.29) is 5.69 Å². The highest BCUT2D eigenvalue weighted by Crippen LogP contribution is 2.34. The highest BCUT2D eigenvalue weighted by molar-refractivity contribution is 5.87. The number of benzene rings is 1. The highest BCUT2D eigenvalue weighted by Gasteiger charge is 2.25. The van der Waals surface area contributed by atoms with Gasteiger partial charge in [0.2, 0.25) is 0 Å². The van der Waals surface area contributed by atoms with Gasteiger partial charge in [0.1, 0.15) is 18.0 Å². The lowest BCUT2D eigenvalue weighted by atomic mass is 9.89. The Morgan fingerprint density at radius 1 is 1.03 bits per heavy atom. The second-order valence-corrected chi connectivity index (χ2v) is 8.69. The van der Waals surface area contributed by atoms with Crippen LogP contribution >= 0.6 is 0 Å². The number of imidazole rings is 2. The van der Waals surface area contributed by atoms with Crippen molar-refractivity contribution in [3.8, 4) is 11.4 Å². The SMILES string of the molecule is CNc1ccc(-c2nc3c(N4CCC(c5ccc6[nH]c(=O)[nH]c6c5)CC4)ncnc3n2C)cn1. The minimum absolute atomic E-state index is 0.168. The van der Waals surface area contributed by atoms with E-state index in [9.17, 15) is 4.79 Å². The summed E-state index contributed by atoms with van der Waals surface area (Å²) in [5.74, 6) is 2.94. The van der Waals surface area contributed by atoms with Gasteiger partial charge in [-0.3, -0.25) is 0 Å². The average Bonchev–Trinajstić information content (AvgIpc) is 3.42. The quantitative estimate of drug-likeness (QED) is 0.381. The van der Waals surface area contributed by atoms with Crippen molar-refractivity contribution in [3.63, 3.8) is 0 Å². The van der Waals surface area contributed by atoms with Crippen LogP contribution in [0.2, 0.25) is 0 Å². The Morgan fingerprint density at radius 3 is 2.62 bits per heavy atom. The van der Waals surface area contributed by atoms with Gasteiger partial charge in [-0.05, 0) is 48.6 Å². The van der Waals surface area contributed by atoms with Crippen LogP contribution in [0.4, 0.5) is 11.6 Å². The Kier molecular flexibility index (Phi) is 4.79. The molecule has 10 nitrogen and oxygen atoms in total. The first-order valence-electron chi connectivity index (χ1n) is 11.4. The number of nitrogens with one attached hydrogen (secondary N) is 3. The summed E-state index contributed by atoms with van der Waals surface area (Å²) in [4.78, 5) is 38.0. The summed E-state index contributed by atoms with van der Waals surface area (Å²) >= 11 is 0. The van der Waals surface area contributed by atoms with Crippen molar-refractivity contribution >= 4 is 33.8 Å². The summed E-state index contributed by atoms with van der Waals surface area (Å²) < 4.78 is 2.00. The molecule has 1 aromatic carbocycles. The molecule has 172 valence electrons. The van der Waals surface area contributed by atoms with Gasteiger partial charge in [-0.15, -0.1) is 0 Å². The van der Waals surface area contributed by atoms with E-state index < -0.39 is 0 Å². The van der Waals surface area contributed by atoms with E-state index in [1.54, 1.807) is 6.33 Å². The number of aromatic amines is 2. The largest absolute Gasteiger partial charge is 0.373 e. The third-order valence-corrected chi connectivity index (χ3v) is 6.72. The fourth-order valence-electron chi connectivity index (χ4n) is 4.88. The second-order valence-electron chi connectivity index (χ2n) is 8.69. The highest BCUT2D eigenvalue weighted by atomic mass is 16.1. The summed E-state index contributed by atoms with van der Waals surface area (Å²) in [5.41, 5.74) is 5.34. The third-order valence-electron chi connectivity index (χ3n) is 6.72. The molecule has 0 aliphatic carbocycles. The molecule has 1 aliphatic rings. The molecule has 0 atom stereocenters. The molecule has 10 heteroatoms. The van der Waals surface area contributed by atoms with Crippen LogP contribution in [0.3, 0.4) is 0 Å². The van der Waals surface area contributed by atoms with Crippen molar-refractivity contribution in [2.45, 2.75) is 18.8 Å². The van der Waals surface area contributed by atoms with Crippen molar-refractivity contribution in [2.24, 2.45) is 7.05 Å². The van der Waals surface area contributed by atoms with E-state index in [4.69, 9.17) is 4.98 Å². The first kappa shape index (κ1) is 20.4. The van der Waals surface area contributed by atoms with Crippen LogP contribution in [0.5, 0.6) is 0 Å². The predicted molar refractivity (Wildman–Crippen MR) is 132 cm³/mol. The van der Waals surface area contributed by atoms with Gasteiger partial charge in [-0.1, -0.05) is 6.07 Å². The zero-order chi connectivity index (χ0) is 23.2. The zero-order valence-corrected chi connectivity index (χ0v) is 19.0. The predicted octanol–water partition coefficient (Wildman–Crippen LogP) is 3.02. The molecule has 0 spiro atoms. The van der Waals surface area contributed by atoms with Gasteiger partial charge in [0.05, 0.1) is 11.0 Å². The summed E-state index contributed by atoms with van der Waals surface area (Å²) in [6.07, 6.45) is 5.44. The Morgan fingerprint density at radius 2 is 1.85 bits per heavy atom. The fraction of sp³-hybridized carbons (Fsp3) is 0.292. The van der Waals surface area contributed by atoms with E-state index >= 15 is 0 Å². The van der Waals surface area contributed by atoms with E-state index in [1.165, 1.54) is 5.56 Å². The van der Waals surface area contributed by atoms with Crippen molar-refractivity contribution < 1.29 is 0 Å². The smallest absolute Gasteiger partial charge is 0.323 e. The molecule has 0 unspecified atom stereocenters. The first-order chi connectivity index (χ1) is 16.6. The number of hydrogen-bond acceptors (Lipinski definition) is 7. The van der Waals surface area contributed by atoms with Crippen molar-refractivity contribution in [1.82, 2.24) is 34.5 Å². The first-order valence-corrected chi connectivity index (χ1v) is 11.4. The molecule has 0 saturated carbocycles. The number of hydrogen-bond donors (Lipinski definition) is 3. The summed E-state index contributed by atoms with van der Waals surface area (Å²) in [7, 11) is 3.82. The van der Waals surface area contributed by atoms with Gasteiger partial charge in [0, 0.05) is 38.9 Å². The standard InChI is InChI=1S/C24H25N9O/c1-25-19-6-4-16(12-26-19)21-31-20-22(32(21)2)27-13-28-23(20)33-9-7-14(8-10-33)15-3-5-17-18(11-15)30-24(34)29-17/h3-6,11-14H,7-10H2,1-2H3,(H,25,26)(H2,29,30,34). The zero-order valence-electron chi connectivity index (χ0n) is 19.0. The van der Waals surface area contributed by atoms with Crippen LogP contribution in [0.1, 0.15) is 24.3 Å². The van der Waals surface area contributed by atoms with Gasteiger partial charge < -0.3 is 24.8 Å². The van der Waals surface area contributed by atoms with Gasteiger partial charge in [0.15, 0.2) is 17.0 Å². The minimum atomic E-state index is -0.168. The van der Waals surface area contributed by atoms with Crippen molar-refractivity contribution in [1.29, 1.82) is 0 Å². The van der Waals surface area contributed by atoms with E-state index in [2.05, 4.69) is 47.3 Å². The Labute approximate surface area is 195 Å². The molecule has 0 bridgehead atoms. The molecule has 0 amide bonds.